The third-order valence-electron chi connectivity index (χ3n) is 10.4. The van der Waals surface area contributed by atoms with Crippen molar-refractivity contribution in [1.29, 1.82) is 0 Å². The summed E-state index contributed by atoms with van der Waals surface area (Å²) < 4.78 is 6.89. The van der Waals surface area contributed by atoms with E-state index >= 15 is 0 Å². The first-order chi connectivity index (χ1) is 19.0. The average molecular weight is 703 g/mol. The number of hydrogen-bond donors (Lipinski definition) is 0. The zero-order chi connectivity index (χ0) is 28.1. The fourth-order valence-corrected chi connectivity index (χ4v) is 40.4. The molecule has 3 aliphatic rings. The molecule has 0 nitrogen and oxygen atoms in total. The van der Waals surface area contributed by atoms with Gasteiger partial charge in [-0.25, -0.2) is 0 Å². The molecule has 2 heteroatoms. The molecule has 0 spiro atoms. The second-order valence-corrected chi connectivity index (χ2v) is 35.4. The van der Waals surface area contributed by atoms with E-state index in [4.69, 9.17) is 0 Å². The molecule has 40 heavy (non-hydrogen) atoms. The average Bonchev–Trinajstić information content (AvgIpc) is 3.52. The van der Waals surface area contributed by atoms with Gasteiger partial charge in [0.2, 0.25) is 0 Å². The maximum absolute atomic E-state index is 2.99. The molecule has 2 unspecified atom stereocenters. The second-order valence-electron chi connectivity index (χ2n) is 13.8. The van der Waals surface area contributed by atoms with Gasteiger partial charge in [0, 0.05) is 0 Å². The Morgan fingerprint density at radius 1 is 0.550 bits per heavy atom. The molecule has 0 amide bonds. The Morgan fingerprint density at radius 3 is 1.40 bits per heavy atom. The van der Waals surface area contributed by atoms with Crippen molar-refractivity contribution in [2.45, 2.75) is 57.5 Å². The Labute approximate surface area is 246 Å². The predicted molar refractivity (Wildman–Crippen MR) is 173 cm³/mol. The van der Waals surface area contributed by atoms with Crippen LogP contribution in [0.15, 0.2) is 83.2 Å². The van der Waals surface area contributed by atoms with Crippen LogP contribution in [0.25, 0.3) is 34.4 Å². The summed E-state index contributed by atoms with van der Waals surface area (Å²) >= 11 is -2.99. The standard InChI is InChI=1S/C36H34Si.2CH3.Hf/c1-23-13-15-25(3)33(17-23)31-11-7-9-27-19-29(21-35(27)31)37(5,6)30-20-28-10-8-12-32(36(28)22-30)34-18-24(2)14-16-26(34)4;;;/h7-22H,1-6H3;2*1H3;. The van der Waals surface area contributed by atoms with E-state index in [1.807, 2.05) is 10.4 Å². The van der Waals surface area contributed by atoms with Crippen LogP contribution in [-0.2, 0) is 20.0 Å². The number of hydrogen-bond acceptors (Lipinski definition) is 0. The van der Waals surface area contributed by atoms with Crippen LogP contribution >= 0.6 is 0 Å². The van der Waals surface area contributed by atoms with Gasteiger partial charge in [-0.3, -0.25) is 0 Å². The first kappa shape index (κ1) is 26.4. The van der Waals surface area contributed by atoms with Crippen LogP contribution in [0.3, 0.4) is 0 Å². The molecule has 1 saturated heterocycles. The molecular weight excluding hydrogens is 663 g/mol. The predicted octanol–water partition coefficient (Wildman–Crippen LogP) is 10.9. The second kappa shape index (κ2) is 8.97. The summed E-state index contributed by atoms with van der Waals surface area (Å²) in [6.45, 7) is 14.3. The quantitative estimate of drug-likeness (QED) is 0.182. The molecule has 2 atom stereocenters. The molecule has 7 rings (SSSR count). The minimum absolute atomic E-state index is 0.673. The van der Waals surface area contributed by atoms with Crippen molar-refractivity contribution >= 4 is 20.2 Å². The number of rotatable bonds is 2. The Hall–Kier alpha value is -2.55. The number of aryl methyl sites for hydroxylation is 4. The Morgan fingerprint density at radius 2 is 0.975 bits per heavy atom. The van der Waals surface area contributed by atoms with Gasteiger partial charge in [-0.05, 0) is 0 Å². The summed E-state index contributed by atoms with van der Waals surface area (Å²) in [5.74, 6) is 0. The van der Waals surface area contributed by atoms with Crippen molar-refractivity contribution in [2.75, 3.05) is 0 Å². The number of allylic oxidation sites excluding steroid dienone is 2. The first-order valence-corrected chi connectivity index (χ1v) is 29.2. The SMILES string of the molecule is Cc1ccc(C)c(-c2cccc3c2C=C2[CH]3[Hf]([CH3])([CH3])[CH]3C(=Cc4c(-c5cc(C)ccc5C)cccc43)[Si]2(C)C)c1. The monoisotopic (exact) mass is 704 g/mol. The van der Waals surface area contributed by atoms with Crippen LogP contribution in [0.2, 0.25) is 22.5 Å². The normalized spacial score (nSPS) is 21.2. The van der Waals surface area contributed by atoms with E-state index in [9.17, 15) is 0 Å². The Kier molecular flexibility index (Phi) is 5.91. The fourth-order valence-electron chi connectivity index (χ4n) is 8.35. The Balaban J connectivity index is 1.44. The summed E-state index contributed by atoms with van der Waals surface area (Å²) in [5.41, 5.74) is 17.4. The van der Waals surface area contributed by atoms with E-state index in [0.29, 0.717) is 7.35 Å². The van der Waals surface area contributed by atoms with Crippen molar-refractivity contribution in [1.82, 2.24) is 0 Å². The van der Waals surface area contributed by atoms with Crippen LogP contribution in [0.4, 0.5) is 0 Å². The fraction of sp³-hybridized carbons (Fsp3) is 0.263. The van der Waals surface area contributed by atoms with Gasteiger partial charge in [0.1, 0.15) is 0 Å². The topological polar surface area (TPSA) is 0 Å². The van der Waals surface area contributed by atoms with Crippen LogP contribution in [-0.4, -0.2) is 8.07 Å². The summed E-state index contributed by atoms with van der Waals surface area (Å²) in [7, 11) is -1.85. The van der Waals surface area contributed by atoms with Gasteiger partial charge in [0.15, 0.2) is 0 Å². The van der Waals surface area contributed by atoms with Gasteiger partial charge >= 0.3 is 248 Å². The van der Waals surface area contributed by atoms with Gasteiger partial charge in [0.25, 0.3) is 0 Å². The molecule has 0 N–H and O–H groups in total. The molecule has 200 valence electrons. The molecule has 1 aliphatic heterocycles. The molecular formula is C38H40HfSi. The molecule has 4 aromatic rings. The maximum atomic E-state index is 2.77. The van der Waals surface area contributed by atoms with E-state index in [1.54, 1.807) is 11.1 Å². The molecule has 0 saturated carbocycles. The van der Waals surface area contributed by atoms with E-state index in [2.05, 4.69) is 135 Å². The summed E-state index contributed by atoms with van der Waals surface area (Å²) in [4.78, 5) is 0. The summed E-state index contributed by atoms with van der Waals surface area (Å²) in [6, 6.07) is 28.3. The number of benzene rings is 4. The van der Waals surface area contributed by atoms with E-state index < -0.39 is 28.0 Å². The molecule has 0 radical (unpaired) electrons. The molecule has 0 bridgehead atoms. The van der Waals surface area contributed by atoms with Crippen molar-refractivity contribution in [3.8, 4) is 22.3 Å². The van der Waals surface area contributed by atoms with Crippen molar-refractivity contribution in [2.24, 2.45) is 0 Å². The van der Waals surface area contributed by atoms with Gasteiger partial charge < -0.3 is 0 Å². The van der Waals surface area contributed by atoms with Gasteiger partial charge in [-0.15, -0.1) is 0 Å². The van der Waals surface area contributed by atoms with E-state index in [1.165, 1.54) is 55.6 Å². The summed E-state index contributed by atoms with van der Waals surface area (Å²) in [6.07, 6.45) is 5.38. The molecule has 1 heterocycles. The van der Waals surface area contributed by atoms with E-state index in [-0.39, 0.29) is 0 Å². The van der Waals surface area contributed by atoms with Crippen molar-refractivity contribution in [3.05, 3.63) is 128 Å². The zero-order valence-electron chi connectivity index (χ0n) is 25.2. The molecule has 2 aliphatic carbocycles. The molecule has 4 aromatic carbocycles. The Bertz CT molecular complexity index is 1670. The third kappa shape index (κ3) is 3.64. The van der Waals surface area contributed by atoms with Gasteiger partial charge in [0.05, 0.1) is 0 Å². The van der Waals surface area contributed by atoms with Gasteiger partial charge in [-0.2, -0.15) is 0 Å². The summed E-state index contributed by atoms with van der Waals surface area (Å²) in [5, 5.41) is 3.63. The number of fused-ring (bicyclic) bond motifs is 6. The third-order valence-corrected chi connectivity index (χ3v) is 31.4. The molecule has 1 fully saturated rings. The molecule has 0 aromatic heterocycles. The van der Waals surface area contributed by atoms with Crippen LogP contribution in [0.5, 0.6) is 0 Å². The van der Waals surface area contributed by atoms with Crippen LogP contribution in [0.1, 0.15) is 51.9 Å². The van der Waals surface area contributed by atoms with Gasteiger partial charge in [-0.1, -0.05) is 0 Å². The van der Waals surface area contributed by atoms with Crippen molar-refractivity contribution in [3.63, 3.8) is 0 Å². The first-order valence-electron chi connectivity index (χ1n) is 14.9. The zero-order valence-corrected chi connectivity index (χ0v) is 29.8. The minimum atomic E-state index is -2.99. The van der Waals surface area contributed by atoms with Crippen molar-refractivity contribution < 1.29 is 20.0 Å². The van der Waals surface area contributed by atoms with E-state index in [0.717, 1.165) is 0 Å². The van der Waals surface area contributed by atoms with Crippen LogP contribution in [0, 0.1) is 27.7 Å². The van der Waals surface area contributed by atoms with Crippen LogP contribution < -0.4 is 0 Å².